The van der Waals surface area contributed by atoms with Crippen molar-refractivity contribution < 1.29 is 9.84 Å². The van der Waals surface area contributed by atoms with Crippen LogP contribution in [0.2, 0.25) is 0 Å². The lowest BCUT2D eigenvalue weighted by molar-refractivity contribution is 0.175. The van der Waals surface area contributed by atoms with E-state index in [1.807, 2.05) is 7.05 Å². The topological polar surface area (TPSA) is 47.3 Å². The van der Waals surface area contributed by atoms with Crippen molar-refractivity contribution in [1.82, 2.24) is 9.78 Å². The SMILES string of the molecule is COc1cnn(C)c1C(C)CC(C)O. The van der Waals surface area contributed by atoms with E-state index in [1.165, 1.54) is 0 Å². The molecule has 0 bridgehead atoms. The third-order valence-electron chi connectivity index (χ3n) is 2.33. The predicted octanol–water partition coefficient (Wildman–Crippen LogP) is 1.30. The quantitative estimate of drug-likeness (QED) is 0.793. The van der Waals surface area contributed by atoms with Crippen molar-refractivity contribution >= 4 is 0 Å². The summed E-state index contributed by atoms with van der Waals surface area (Å²) in [6.07, 6.45) is 2.12. The molecule has 0 saturated carbocycles. The Morgan fingerprint density at radius 1 is 1.57 bits per heavy atom. The van der Waals surface area contributed by atoms with Gasteiger partial charge in [-0.1, -0.05) is 6.92 Å². The molecule has 0 aliphatic heterocycles. The first-order valence-electron chi connectivity index (χ1n) is 4.80. The fourth-order valence-corrected chi connectivity index (χ4v) is 1.77. The number of aliphatic hydroxyl groups excluding tert-OH is 1. The maximum atomic E-state index is 9.31. The van der Waals surface area contributed by atoms with Gasteiger partial charge in [0.2, 0.25) is 0 Å². The third-order valence-corrected chi connectivity index (χ3v) is 2.33. The van der Waals surface area contributed by atoms with Crippen molar-refractivity contribution in [3.8, 4) is 5.75 Å². The van der Waals surface area contributed by atoms with Gasteiger partial charge < -0.3 is 9.84 Å². The predicted molar refractivity (Wildman–Crippen MR) is 54.5 cm³/mol. The first-order valence-corrected chi connectivity index (χ1v) is 4.80. The van der Waals surface area contributed by atoms with Gasteiger partial charge in [-0.25, -0.2) is 0 Å². The average Bonchev–Trinajstić information content (AvgIpc) is 2.45. The highest BCUT2D eigenvalue weighted by Crippen LogP contribution is 2.28. The number of rotatable bonds is 4. The zero-order chi connectivity index (χ0) is 10.7. The number of aryl methyl sites for hydroxylation is 1. The van der Waals surface area contributed by atoms with E-state index >= 15 is 0 Å². The van der Waals surface area contributed by atoms with E-state index < -0.39 is 0 Å². The van der Waals surface area contributed by atoms with E-state index in [1.54, 1.807) is 24.9 Å². The maximum Gasteiger partial charge on any atom is 0.160 e. The Hall–Kier alpha value is -1.03. The van der Waals surface area contributed by atoms with Gasteiger partial charge in [0, 0.05) is 13.0 Å². The van der Waals surface area contributed by atoms with Gasteiger partial charge in [0.05, 0.1) is 25.1 Å². The second-order valence-electron chi connectivity index (χ2n) is 3.71. The summed E-state index contributed by atoms with van der Waals surface area (Å²) in [4.78, 5) is 0. The Morgan fingerprint density at radius 3 is 2.71 bits per heavy atom. The lowest BCUT2D eigenvalue weighted by Crippen LogP contribution is -2.10. The summed E-state index contributed by atoms with van der Waals surface area (Å²) >= 11 is 0. The first kappa shape index (κ1) is 11.0. The molecular weight excluding hydrogens is 180 g/mol. The maximum absolute atomic E-state index is 9.31. The smallest absolute Gasteiger partial charge is 0.160 e. The molecule has 1 aromatic rings. The van der Waals surface area contributed by atoms with Gasteiger partial charge in [0.1, 0.15) is 0 Å². The van der Waals surface area contributed by atoms with Crippen molar-refractivity contribution in [3.05, 3.63) is 11.9 Å². The van der Waals surface area contributed by atoms with Crippen molar-refractivity contribution in [3.63, 3.8) is 0 Å². The number of aromatic nitrogens is 2. The molecule has 0 aromatic carbocycles. The Morgan fingerprint density at radius 2 is 2.21 bits per heavy atom. The van der Waals surface area contributed by atoms with Crippen LogP contribution in [0.3, 0.4) is 0 Å². The summed E-state index contributed by atoms with van der Waals surface area (Å²) in [5, 5.41) is 13.4. The van der Waals surface area contributed by atoms with Gasteiger partial charge in [-0.2, -0.15) is 5.10 Å². The average molecular weight is 198 g/mol. The van der Waals surface area contributed by atoms with Crippen LogP contribution in [0.25, 0.3) is 0 Å². The standard InChI is InChI=1S/C10H18N2O2/c1-7(5-8(2)13)10-9(14-4)6-11-12(10)3/h6-8,13H,5H2,1-4H3. The summed E-state index contributed by atoms with van der Waals surface area (Å²) in [5.74, 6) is 1.04. The number of ether oxygens (including phenoxy) is 1. The van der Waals surface area contributed by atoms with Gasteiger partial charge in [-0.3, -0.25) is 4.68 Å². The van der Waals surface area contributed by atoms with E-state index in [0.717, 1.165) is 17.9 Å². The molecule has 1 rings (SSSR count). The fourth-order valence-electron chi connectivity index (χ4n) is 1.77. The summed E-state index contributed by atoms with van der Waals surface area (Å²) in [6, 6.07) is 0. The molecule has 0 radical (unpaired) electrons. The molecule has 0 amide bonds. The van der Waals surface area contributed by atoms with Crippen molar-refractivity contribution in [1.29, 1.82) is 0 Å². The molecule has 2 atom stereocenters. The van der Waals surface area contributed by atoms with E-state index in [4.69, 9.17) is 4.74 Å². The number of methoxy groups -OCH3 is 1. The van der Waals surface area contributed by atoms with Crippen LogP contribution in [0.4, 0.5) is 0 Å². The summed E-state index contributed by atoms with van der Waals surface area (Å²) in [6.45, 7) is 3.85. The molecule has 14 heavy (non-hydrogen) atoms. The van der Waals surface area contributed by atoms with E-state index in [-0.39, 0.29) is 12.0 Å². The molecular formula is C10H18N2O2. The van der Waals surface area contributed by atoms with E-state index in [2.05, 4.69) is 12.0 Å². The summed E-state index contributed by atoms with van der Waals surface area (Å²) in [5.41, 5.74) is 1.04. The van der Waals surface area contributed by atoms with Crippen molar-refractivity contribution in [2.75, 3.05) is 7.11 Å². The zero-order valence-corrected chi connectivity index (χ0v) is 9.19. The van der Waals surface area contributed by atoms with Crippen molar-refractivity contribution in [2.24, 2.45) is 7.05 Å². The largest absolute Gasteiger partial charge is 0.493 e. The molecule has 0 fully saturated rings. The minimum absolute atomic E-state index is 0.248. The lowest BCUT2D eigenvalue weighted by atomic mass is 10.0. The summed E-state index contributed by atoms with van der Waals surface area (Å²) < 4.78 is 7.00. The third kappa shape index (κ3) is 2.26. The molecule has 4 heteroatoms. The molecule has 0 saturated heterocycles. The number of hydrogen-bond acceptors (Lipinski definition) is 3. The molecule has 4 nitrogen and oxygen atoms in total. The minimum atomic E-state index is -0.301. The van der Waals surface area contributed by atoms with Crippen LogP contribution in [0.5, 0.6) is 5.75 Å². The normalized spacial score (nSPS) is 15.2. The van der Waals surface area contributed by atoms with Gasteiger partial charge in [0.25, 0.3) is 0 Å². The number of aliphatic hydroxyl groups is 1. The molecule has 0 aliphatic rings. The molecule has 0 spiro atoms. The van der Waals surface area contributed by atoms with Crippen LogP contribution < -0.4 is 4.74 Å². The number of nitrogens with zero attached hydrogens (tertiary/aromatic N) is 2. The zero-order valence-electron chi connectivity index (χ0n) is 9.19. The van der Waals surface area contributed by atoms with E-state index in [0.29, 0.717) is 0 Å². The molecule has 1 aromatic heterocycles. The highest BCUT2D eigenvalue weighted by Gasteiger charge is 2.17. The van der Waals surface area contributed by atoms with Crippen LogP contribution >= 0.6 is 0 Å². The van der Waals surface area contributed by atoms with Gasteiger partial charge in [0.15, 0.2) is 5.75 Å². The Bertz CT molecular complexity index is 294. The monoisotopic (exact) mass is 198 g/mol. The highest BCUT2D eigenvalue weighted by molar-refractivity contribution is 5.28. The van der Waals surface area contributed by atoms with E-state index in [9.17, 15) is 5.11 Å². The van der Waals surface area contributed by atoms with Crippen LogP contribution in [-0.4, -0.2) is 28.1 Å². The Labute approximate surface area is 84.5 Å². The molecule has 0 aliphatic carbocycles. The highest BCUT2D eigenvalue weighted by atomic mass is 16.5. The molecule has 1 heterocycles. The number of hydrogen-bond donors (Lipinski definition) is 1. The molecule has 1 N–H and O–H groups in total. The Kier molecular flexibility index (Phi) is 3.52. The van der Waals surface area contributed by atoms with Gasteiger partial charge >= 0.3 is 0 Å². The summed E-state index contributed by atoms with van der Waals surface area (Å²) in [7, 11) is 3.52. The van der Waals surface area contributed by atoms with Gasteiger partial charge in [-0.05, 0) is 13.3 Å². The van der Waals surface area contributed by atoms with Crippen LogP contribution in [0.15, 0.2) is 6.20 Å². The van der Waals surface area contributed by atoms with Gasteiger partial charge in [-0.15, -0.1) is 0 Å². The molecule has 80 valence electrons. The van der Waals surface area contributed by atoms with Crippen molar-refractivity contribution in [2.45, 2.75) is 32.3 Å². The van der Waals surface area contributed by atoms with Crippen LogP contribution in [-0.2, 0) is 7.05 Å². The first-order chi connectivity index (χ1) is 6.56. The molecule has 2 unspecified atom stereocenters. The second kappa shape index (κ2) is 4.46. The Balaban J connectivity index is 2.86. The lowest BCUT2D eigenvalue weighted by Gasteiger charge is -2.15. The fraction of sp³-hybridized carbons (Fsp3) is 0.700. The second-order valence-corrected chi connectivity index (χ2v) is 3.71. The minimum Gasteiger partial charge on any atom is -0.493 e. The van der Waals surface area contributed by atoms with Crippen LogP contribution in [0.1, 0.15) is 31.9 Å². The van der Waals surface area contributed by atoms with Crippen LogP contribution in [0, 0.1) is 0 Å².